The third kappa shape index (κ3) is 3.34. The predicted molar refractivity (Wildman–Crippen MR) is 123 cm³/mol. The maximum absolute atomic E-state index is 12.3. The summed E-state index contributed by atoms with van der Waals surface area (Å²) in [5.74, 6) is 2.12. The molecule has 5 aliphatic rings. The molecule has 4 aliphatic heterocycles. The number of aromatic nitrogens is 4. The van der Waals surface area contributed by atoms with E-state index < -0.39 is 10.0 Å². The van der Waals surface area contributed by atoms with Crippen molar-refractivity contribution >= 4 is 27.7 Å². The molecule has 0 amide bonds. The van der Waals surface area contributed by atoms with E-state index in [9.17, 15) is 8.42 Å². The first-order valence-corrected chi connectivity index (χ1v) is 13.2. The number of hydrogen-bond acceptors (Lipinski definition) is 10. The van der Waals surface area contributed by atoms with Crippen LogP contribution in [0.3, 0.4) is 0 Å². The second-order valence-electron chi connectivity index (χ2n) is 9.45. The van der Waals surface area contributed by atoms with Crippen molar-refractivity contribution in [1.82, 2.24) is 24.2 Å². The highest BCUT2D eigenvalue weighted by Crippen LogP contribution is 2.49. The maximum Gasteiger partial charge on any atom is 0.228 e. The Morgan fingerprint density at radius 2 is 1.94 bits per heavy atom. The summed E-state index contributed by atoms with van der Waals surface area (Å²) in [5.41, 5.74) is 8.41. The summed E-state index contributed by atoms with van der Waals surface area (Å²) in [6, 6.07) is 0.323. The number of morpholine rings is 1. The van der Waals surface area contributed by atoms with Crippen LogP contribution < -0.4 is 15.5 Å². The van der Waals surface area contributed by atoms with Gasteiger partial charge in [-0.2, -0.15) is 9.29 Å². The first kappa shape index (κ1) is 21.0. The number of fused-ring (bicyclic) bond motifs is 2. The summed E-state index contributed by atoms with van der Waals surface area (Å²) in [6.45, 7) is 5.47. The van der Waals surface area contributed by atoms with Gasteiger partial charge in [-0.15, -0.1) is 0 Å². The van der Waals surface area contributed by atoms with Crippen molar-refractivity contribution in [2.45, 2.75) is 37.9 Å². The molecular weight excluding hydrogens is 444 g/mol. The van der Waals surface area contributed by atoms with E-state index in [1.54, 1.807) is 16.7 Å². The normalized spacial score (nSPS) is 29.3. The molecule has 4 atom stereocenters. The third-order valence-electron chi connectivity index (χ3n) is 7.41. The van der Waals surface area contributed by atoms with E-state index in [0.29, 0.717) is 38.2 Å². The van der Waals surface area contributed by atoms with E-state index >= 15 is 0 Å². The monoisotopic (exact) mass is 472 g/mol. The zero-order chi connectivity index (χ0) is 22.9. The molecule has 33 heavy (non-hydrogen) atoms. The van der Waals surface area contributed by atoms with Gasteiger partial charge >= 0.3 is 0 Å². The smallest absolute Gasteiger partial charge is 0.228 e. The second-order valence-corrected chi connectivity index (χ2v) is 11.4. The van der Waals surface area contributed by atoms with Crippen molar-refractivity contribution in [3.05, 3.63) is 18.0 Å². The maximum atomic E-state index is 12.3. The fourth-order valence-corrected chi connectivity index (χ4v) is 6.96. The van der Waals surface area contributed by atoms with Crippen molar-refractivity contribution in [1.29, 1.82) is 0 Å². The van der Waals surface area contributed by atoms with Crippen LogP contribution >= 0.6 is 0 Å². The quantitative estimate of drug-likeness (QED) is 0.655. The minimum Gasteiger partial charge on any atom is -0.377 e. The Balaban J connectivity index is 1.43. The highest BCUT2D eigenvalue weighted by molar-refractivity contribution is 7.88. The SMILES string of the molecule is C[C@H]1COCCN1c1nc(-c2cnc(N)nc2)c2c(n1)N([C@H]1[C@H]3C[C@@H]1N(S(C)(=O)=O)C3)CC2. The van der Waals surface area contributed by atoms with Gasteiger partial charge < -0.3 is 20.3 Å². The molecule has 2 bridgehead atoms. The molecule has 3 saturated heterocycles. The molecule has 6 heterocycles. The van der Waals surface area contributed by atoms with Crippen molar-refractivity contribution in [3.8, 4) is 11.3 Å². The Hall–Kier alpha value is -2.57. The average molecular weight is 473 g/mol. The lowest BCUT2D eigenvalue weighted by Gasteiger charge is -2.43. The summed E-state index contributed by atoms with van der Waals surface area (Å²) >= 11 is 0. The minimum absolute atomic E-state index is 0.0139. The topological polar surface area (TPSA) is 131 Å². The van der Waals surface area contributed by atoms with E-state index in [-0.39, 0.29) is 24.1 Å². The van der Waals surface area contributed by atoms with E-state index in [4.69, 9.17) is 20.4 Å². The van der Waals surface area contributed by atoms with Crippen LogP contribution in [0, 0.1) is 5.92 Å². The summed E-state index contributed by atoms with van der Waals surface area (Å²) in [5, 5.41) is 0. The molecule has 12 heteroatoms. The lowest BCUT2D eigenvalue weighted by atomic mass is 9.79. The van der Waals surface area contributed by atoms with Gasteiger partial charge in [-0.3, -0.25) is 0 Å². The minimum atomic E-state index is -3.21. The molecule has 1 aliphatic carbocycles. The van der Waals surface area contributed by atoms with Gasteiger partial charge in [-0.25, -0.2) is 23.4 Å². The Morgan fingerprint density at radius 3 is 2.64 bits per heavy atom. The van der Waals surface area contributed by atoms with Crippen molar-refractivity contribution < 1.29 is 13.2 Å². The molecular formula is C21H28N8O3S. The van der Waals surface area contributed by atoms with Crippen LogP contribution in [0.25, 0.3) is 11.3 Å². The molecule has 176 valence electrons. The fraction of sp³-hybridized carbons (Fsp3) is 0.619. The van der Waals surface area contributed by atoms with Gasteiger partial charge in [0.1, 0.15) is 5.82 Å². The highest BCUT2D eigenvalue weighted by Gasteiger charge is 2.58. The molecule has 1 saturated carbocycles. The number of hydrogen-bond donors (Lipinski definition) is 1. The number of nitrogen functional groups attached to an aromatic ring is 1. The molecule has 0 aromatic carbocycles. The predicted octanol–water partition coefficient (Wildman–Crippen LogP) is 0.136. The zero-order valence-corrected chi connectivity index (χ0v) is 19.6. The zero-order valence-electron chi connectivity index (χ0n) is 18.8. The van der Waals surface area contributed by atoms with Gasteiger partial charge in [0, 0.05) is 49.2 Å². The van der Waals surface area contributed by atoms with E-state index in [1.807, 2.05) is 0 Å². The van der Waals surface area contributed by atoms with Gasteiger partial charge in [-0.05, 0) is 25.7 Å². The van der Waals surface area contributed by atoms with E-state index in [0.717, 1.165) is 42.0 Å². The molecule has 2 aromatic heterocycles. The molecule has 0 radical (unpaired) electrons. The fourth-order valence-electron chi connectivity index (χ4n) is 5.80. The van der Waals surface area contributed by atoms with Crippen LogP contribution in [-0.4, -0.2) is 89.9 Å². The molecule has 2 aromatic rings. The molecule has 4 fully saturated rings. The summed E-state index contributed by atoms with van der Waals surface area (Å²) in [7, 11) is -3.21. The van der Waals surface area contributed by atoms with Crippen LogP contribution in [0.5, 0.6) is 0 Å². The summed E-state index contributed by atoms with van der Waals surface area (Å²) in [4.78, 5) is 22.9. The number of nitrogens with zero attached hydrogens (tertiary/aromatic N) is 7. The van der Waals surface area contributed by atoms with Gasteiger partial charge in [0.2, 0.25) is 21.9 Å². The second kappa shape index (κ2) is 7.47. The Labute approximate surface area is 193 Å². The number of rotatable bonds is 4. The molecule has 0 unspecified atom stereocenters. The van der Waals surface area contributed by atoms with Gasteiger partial charge in [0.05, 0.1) is 37.2 Å². The van der Waals surface area contributed by atoms with Crippen LogP contribution in [-0.2, 0) is 21.2 Å². The first-order chi connectivity index (χ1) is 15.8. The van der Waals surface area contributed by atoms with Gasteiger partial charge in [0.15, 0.2) is 0 Å². The molecule has 2 N–H and O–H groups in total. The first-order valence-electron chi connectivity index (χ1n) is 11.4. The van der Waals surface area contributed by atoms with Crippen LogP contribution in [0.1, 0.15) is 18.9 Å². The number of ether oxygens (including phenoxy) is 1. The number of nitrogens with two attached hydrogens (primary N) is 1. The lowest BCUT2D eigenvalue weighted by molar-refractivity contribution is 0.0981. The van der Waals surface area contributed by atoms with Crippen molar-refractivity contribution in [2.75, 3.05) is 54.6 Å². The van der Waals surface area contributed by atoms with Crippen LogP contribution in [0.4, 0.5) is 17.7 Å². The highest BCUT2D eigenvalue weighted by atomic mass is 32.2. The standard InChI is InChI=1S/C21H28N8O3S/c1-12-11-32-6-5-27(12)21-25-17(14-8-23-20(22)24-9-14)15-3-4-28(19(15)26-21)18-13-7-16(18)29(10-13)33(2,30)31/h8-9,12-13,16,18H,3-7,10-11H2,1-2H3,(H2,22,23,24)/t12-,13-,16-,18-/m0/s1. The summed E-state index contributed by atoms with van der Waals surface area (Å²) in [6.07, 6.45) is 6.43. The van der Waals surface area contributed by atoms with Crippen molar-refractivity contribution in [2.24, 2.45) is 5.92 Å². The van der Waals surface area contributed by atoms with Crippen molar-refractivity contribution in [3.63, 3.8) is 0 Å². The Morgan fingerprint density at radius 1 is 1.15 bits per heavy atom. The molecule has 11 nitrogen and oxygen atoms in total. The average Bonchev–Trinajstić information content (AvgIpc) is 3.48. The molecule has 0 spiro atoms. The van der Waals surface area contributed by atoms with Gasteiger partial charge in [0.25, 0.3) is 0 Å². The summed E-state index contributed by atoms with van der Waals surface area (Å²) < 4.78 is 31.8. The van der Waals surface area contributed by atoms with Gasteiger partial charge in [-0.1, -0.05) is 0 Å². The number of sulfonamides is 1. The van der Waals surface area contributed by atoms with Crippen LogP contribution in [0.15, 0.2) is 12.4 Å². The lowest BCUT2D eigenvalue weighted by Crippen LogP contribution is -2.55. The molecule has 7 rings (SSSR count). The Kier molecular flexibility index (Phi) is 4.75. The third-order valence-corrected chi connectivity index (χ3v) is 8.68. The van der Waals surface area contributed by atoms with Crippen LogP contribution in [0.2, 0.25) is 0 Å². The van der Waals surface area contributed by atoms with E-state index in [1.165, 1.54) is 6.26 Å². The number of anilines is 3. The largest absolute Gasteiger partial charge is 0.377 e. The Bertz CT molecular complexity index is 1190. The van der Waals surface area contributed by atoms with E-state index in [2.05, 4.69) is 26.7 Å².